The fourth-order valence-electron chi connectivity index (χ4n) is 2.56. The predicted octanol–water partition coefficient (Wildman–Crippen LogP) is 3.48. The zero-order valence-electron chi connectivity index (χ0n) is 14.3. The third-order valence-corrected chi connectivity index (χ3v) is 6.75. The average molecular weight is 403 g/mol. The summed E-state index contributed by atoms with van der Waals surface area (Å²) in [5.74, 6) is 0. The standard InChI is InChI=1S/C18H17N3O4S2/c22-21(23)16-5-7-18(8-6-16)27(24,25)20(11-9-17-4-2-12-26-17)14-15-3-1-10-19-13-15/h1-8,10,12-13H,9,11,14H2. The highest BCUT2D eigenvalue weighted by atomic mass is 32.2. The molecule has 0 radical (unpaired) electrons. The van der Waals surface area contributed by atoms with E-state index in [4.69, 9.17) is 0 Å². The Morgan fingerprint density at radius 1 is 1.11 bits per heavy atom. The molecular formula is C18H17N3O4S2. The van der Waals surface area contributed by atoms with E-state index in [1.807, 2.05) is 23.6 Å². The quantitative estimate of drug-likeness (QED) is 0.424. The molecule has 27 heavy (non-hydrogen) atoms. The lowest BCUT2D eigenvalue weighted by Gasteiger charge is -2.22. The van der Waals surface area contributed by atoms with Gasteiger partial charge in [0.25, 0.3) is 5.69 Å². The summed E-state index contributed by atoms with van der Waals surface area (Å²) in [4.78, 5) is 15.4. The number of nitrogens with zero attached hydrogens (tertiary/aromatic N) is 3. The van der Waals surface area contributed by atoms with Crippen LogP contribution < -0.4 is 0 Å². The highest BCUT2D eigenvalue weighted by Crippen LogP contribution is 2.22. The van der Waals surface area contributed by atoms with Crippen LogP contribution in [0.1, 0.15) is 10.4 Å². The molecule has 7 nitrogen and oxygen atoms in total. The SMILES string of the molecule is O=[N+]([O-])c1ccc(S(=O)(=O)N(CCc2cccs2)Cc2cccnc2)cc1. The van der Waals surface area contributed by atoms with Crippen LogP contribution in [0, 0.1) is 10.1 Å². The van der Waals surface area contributed by atoms with E-state index in [2.05, 4.69) is 4.98 Å². The van der Waals surface area contributed by atoms with Gasteiger partial charge in [-0.2, -0.15) is 4.31 Å². The zero-order valence-corrected chi connectivity index (χ0v) is 15.9. The van der Waals surface area contributed by atoms with Crippen LogP contribution in [-0.2, 0) is 23.0 Å². The van der Waals surface area contributed by atoms with Gasteiger partial charge in [-0.1, -0.05) is 12.1 Å². The lowest BCUT2D eigenvalue weighted by Crippen LogP contribution is -2.32. The van der Waals surface area contributed by atoms with Crippen molar-refractivity contribution in [3.8, 4) is 0 Å². The fourth-order valence-corrected chi connectivity index (χ4v) is 4.69. The number of benzene rings is 1. The Kier molecular flexibility index (Phi) is 5.94. The molecule has 0 unspecified atom stereocenters. The van der Waals surface area contributed by atoms with Gasteiger partial charge in [-0.05, 0) is 41.6 Å². The normalized spacial score (nSPS) is 11.6. The third kappa shape index (κ3) is 4.76. The Morgan fingerprint density at radius 2 is 1.89 bits per heavy atom. The van der Waals surface area contributed by atoms with E-state index in [1.165, 1.54) is 28.6 Å². The van der Waals surface area contributed by atoms with E-state index in [0.717, 1.165) is 10.4 Å². The minimum atomic E-state index is -3.81. The number of non-ortho nitro benzene ring substituents is 1. The molecule has 0 aliphatic rings. The Balaban J connectivity index is 1.87. The Bertz CT molecular complexity index is 989. The summed E-state index contributed by atoms with van der Waals surface area (Å²) in [5, 5.41) is 12.8. The third-order valence-electron chi connectivity index (χ3n) is 3.95. The van der Waals surface area contributed by atoms with Crippen molar-refractivity contribution in [1.29, 1.82) is 0 Å². The summed E-state index contributed by atoms with van der Waals surface area (Å²) < 4.78 is 27.6. The van der Waals surface area contributed by atoms with Crippen LogP contribution in [0.3, 0.4) is 0 Å². The first-order valence-corrected chi connectivity index (χ1v) is 10.4. The van der Waals surface area contributed by atoms with E-state index in [9.17, 15) is 18.5 Å². The number of hydrogen-bond donors (Lipinski definition) is 0. The van der Waals surface area contributed by atoms with E-state index >= 15 is 0 Å². The van der Waals surface area contributed by atoms with Gasteiger partial charge < -0.3 is 0 Å². The number of aromatic nitrogens is 1. The number of nitro benzene ring substituents is 1. The molecule has 0 aliphatic carbocycles. The number of rotatable bonds is 8. The largest absolute Gasteiger partial charge is 0.269 e. The molecule has 140 valence electrons. The summed E-state index contributed by atoms with van der Waals surface area (Å²) in [5.41, 5.74) is 0.625. The van der Waals surface area contributed by atoms with Crippen LogP contribution in [0.5, 0.6) is 0 Å². The van der Waals surface area contributed by atoms with E-state index in [-0.39, 0.29) is 17.1 Å². The van der Waals surface area contributed by atoms with Crippen molar-refractivity contribution in [2.45, 2.75) is 17.9 Å². The number of pyridine rings is 1. The lowest BCUT2D eigenvalue weighted by atomic mass is 10.3. The summed E-state index contributed by atoms with van der Waals surface area (Å²) in [6.07, 6.45) is 3.85. The lowest BCUT2D eigenvalue weighted by molar-refractivity contribution is -0.384. The predicted molar refractivity (Wildman–Crippen MR) is 103 cm³/mol. The topological polar surface area (TPSA) is 93.4 Å². The van der Waals surface area contributed by atoms with Crippen molar-refractivity contribution in [2.24, 2.45) is 0 Å². The van der Waals surface area contributed by atoms with E-state index < -0.39 is 14.9 Å². The van der Waals surface area contributed by atoms with Gasteiger partial charge >= 0.3 is 0 Å². The number of sulfonamides is 1. The van der Waals surface area contributed by atoms with E-state index in [1.54, 1.807) is 29.8 Å². The number of hydrogen-bond acceptors (Lipinski definition) is 6. The highest BCUT2D eigenvalue weighted by Gasteiger charge is 2.25. The minimum absolute atomic E-state index is 0.0307. The summed E-state index contributed by atoms with van der Waals surface area (Å²) >= 11 is 1.57. The first kappa shape index (κ1) is 19.2. The minimum Gasteiger partial charge on any atom is -0.264 e. The van der Waals surface area contributed by atoms with Crippen molar-refractivity contribution >= 4 is 27.0 Å². The molecule has 0 spiro atoms. The van der Waals surface area contributed by atoms with Crippen LogP contribution >= 0.6 is 11.3 Å². The first-order chi connectivity index (χ1) is 13.0. The molecule has 0 amide bonds. The average Bonchev–Trinajstić information content (AvgIpc) is 3.19. The molecule has 0 aliphatic heterocycles. The van der Waals surface area contributed by atoms with Crippen molar-refractivity contribution in [3.05, 3.63) is 86.9 Å². The molecule has 0 saturated carbocycles. The van der Waals surface area contributed by atoms with Gasteiger partial charge in [0.05, 0.1) is 9.82 Å². The van der Waals surface area contributed by atoms with Gasteiger partial charge in [0.2, 0.25) is 10.0 Å². The molecule has 3 rings (SSSR count). The molecule has 3 aromatic rings. The maximum Gasteiger partial charge on any atom is 0.269 e. The highest BCUT2D eigenvalue weighted by molar-refractivity contribution is 7.89. The zero-order chi connectivity index (χ0) is 19.3. The second kappa shape index (κ2) is 8.38. The molecule has 2 aromatic heterocycles. The maximum atomic E-state index is 13.1. The maximum absolute atomic E-state index is 13.1. The van der Waals surface area contributed by atoms with Gasteiger partial charge in [-0.3, -0.25) is 15.1 Å². The van der Waals surface area contributed by atoms with Gasteiger partial charge in [0, 0.05) is 42.5 Å². The van der Waals surface area contributed by atoms with Gasteiger partial charge in [0.1, 0.15) is 0 Å². The molecule has 0 bridgehead atoms. The summed E-state index contributed by atoms with van der Waals surface area (Å²) in [6, 6.07) is 12.4. The second-order valence-corrected chi connectivity index (χ2v) is 8.75. The van der Waals surface area contributed by atoms with Crippen molar-refractivity contribution < 1.29 is 13.3 Å². The monoisotopic (exact) mass is 403 g/mol. The fraction of sp³-hybridized carbons (Fsp3) is 0.167. The van der Waals surface area contributed by atoms with Crippen molar-refractivity contribution in [2.75, 3.05) is 6.54 Å². The van der Waals surface area contributed by atoms with Crippen LogP contribution in [0.25, 0.3) is 0 Å². The van der Waals surface area contributed by atoms with Crippen molar-refractivity contribution in [1.82, 2.24) is 9.29 Å². The van der Waals surface area contributed by atoms with Crippen LogP contribution in [0.2, 0.25) is 0 Å². The second-order valence-electron chi connectivity index (χ2n) is 5.78. The smallest absolute Gasteiger partial charge is 0.264 e. The van der Waals surface area contributed by atoms with E-state index in [0.29, 0.717) is 13.0 Å². The van der Waals surface area contributed by atoms with Crippen molar-refractivity contribution in [3.63, 3.8) is 0 Å². The molecule has 0 saturated heterocycles. The molecule has 9 heteroatoms. The molecule has 1 aromatic carbocycles. The first-order valence-electron chi connectivity index (χ1n) is 8.13. The number of nitro groups is 1. The molecule has 0 fully saturated rings. The van der Waals surface area contributed by atoms with Crippen LogP contribution in [-0.4, -0.2) is 29.2 Å². The van der Waals surface area contributed by atoms with Crippen LogP contribution in [0.4, 0.5) is 5.69 Å². The molecular weight excluding hydrogens is 386 g/mol. The summed E-state index contributed by atoms with van der Waals surface area (Å²) in [6.45, 7) is 0.479. The number of thiophene rings is 1. The van der Waals surface area contributed by atoms with Crippen LogP contribution in [0.15, 0.2) is 71.2 Å². The molecule has 2 heterocycles. The van der Waals surface area contributed by atoms with Gasteiger partial charge in [-0.15, -0.1) is 11.3 Å². The Morgan fingerprint density at radius 3 is 2.48 bits per heavy atom. The summed E-state index contributed by atoms with van der Waals surface area (Å²) in [7, 11) is -3.81. The Labute approximate surface area is 161 Å². The molecule has 0 N–H and O–H groups in total. The molecule has 0 atom stereocenters. The van der Waals surface area contributed by atoms with Gasteiger partial charge in [-0.25, -0.2) is 8.42 Å². The Hall–Kier alpha value is -2.62. The van der Waals surface area contributed by atoms with Gasteiger partial charge in [0.15, 0.2) is 0 Å².